The quantitative estimate of drug-likeness (QED) is 0.182. The van der Waals surface area contributed by atoms with Gasteiger partial charge in [0.1, 0.15) is 11.5 Å². The van der Waals surface area contributed by atoms with Crippen molar-refractivity contribution in [2.24, 2.45) is 4.99 Å². The summed E-state index contributed by atoms with van der Waals surface area (Å²) in [5, 5.41) is 6.98. The summed E-state index contributed by atoms with van der Waals surface area (Å²) in [5.41, 5.74) is 1.20. The first-order chi connectivity index (χ1) is 15.7. The second-order valence-electron chi connectivity index (χ2n) is 8.38. The molecule has 0 bridgehead atoms. The highest BCUT2D eigenvalue weighted by atomic mass is 127. The average molecular weight is 577 g/mol. The summed E-state index contributed by atoms with van der Waals surface area (Å²) >= 11 is 0. The molecule has 2 saturated heterocycles. The van der Waals surface area contributed by atoms with Crippen molar-refractivity contribution in [1.82, 2.24) is 15.5 Å². The van der Waals surface area contributed by atoms with Crippen LogP contribution in [0.25, 0.3) is 0 Å². The molecule has 1 unspecified atom stereocenters. The molecule has 2 heterocycles. The van der Waals surface area contributed by atoms with Crippen LogP contribution >= 0.6 is 24.0 Å². The lowest BCUT2D eigenvalue weighted by Crippen LogP contribution is -2.44. The van der Waals surface area contributed by atoms with Crippen LogP contribution < -0.4 is 20.1 Å². The molecule has 0 saturated carbocycles. The topological polar surface area (TPSA) is 76.6 Å². The summed E-state index contributed by atoms with van der Waals surface area (Å²) in [6.45, 7) is 9.03. The van der Waals surface area contributed by atoms with Crippen molar-refractivity contribution in [3.8, 4) is 11.5 Å². The van der Waals surface area contributed by atoms with E-state index >= 15 is 0 Å². The van der Waals surface area contributed by atoms with Gasteiger partial charge in [-0.2, -0.15) is 0 Å². The van der Waals surface area contributed by atoms with Crippen LogP contribution in [0.2, 0.25) is 0 Å². The third kappa shape index (κ3) is 9.84. The minimum absolute atomic E-state index is 0. The van der Waals surface area contributed by atoms with Crippen LogP contribution in [-0.4, -0.2) is 83.2 Å². The number of hydrogen-bond acceptors (Lipinski definition) is 6. The maximum atomic E-state index is 5.95. The Bertz CT molecular complexity index is 693. The number of hydrogen-bond donors (Lipinski definition) is 2. The van der Waals surface area contributed by atoms with Crippen molar-refractivity contribution in [3.63, 3.8) is 0 Å². The second-order valence-corrected chi connectivity index (χ2v) is 8.38. The van der Waals surface area contributed by atoms with Gasteiger partial charge in [-0.1, -0.05) is 0 Å². The number of guanidine groups is 1. The molecule has 3 rings (SSSR count). The predicted octanol–water partition coefficient (Wildman–Crippen LogP) is 3.04. The molecule has 2 aliphatic rings. The molecule has 0 amide bonds. The van der Waals surface area contributed by atoms with Gasteiger partial charge in [-0.15, -0.1) is 24.0 Å². The van der Waals surface area contributed by atoms with Crippen LogP contribution in [0.3, 0.4) is 0 Å². The molecule has 0 spiro atoms. The van der Waals surface area contributed by atoms with Gasteiger partial charge in [0.15, 0.2) is 5.96 Å². The highest BCUT2D eigenvalue weighted by molar-refractivity contribution is 14.0. The van der Waals surface area contributed by atoms with E-state index < -0.39 is 0 Å². The molecule has 0 radical (unpaired) electrons. The van der Waals surface area contributed by atoms with Crippen LogP contribution in [0, 0.1) is 0 Å². The molecule has 1 atom stereocenters. The zero-order valence-corrected chi connectivity index (χ0v) is 22.6. The molecule has 2 fully saturated rings. The van der Waals surface area contributed by atoms with Gasteiger partial charge >= 0.3 is 0 Å². The third-order valence-electron chi connectivity index (χ3n) is 5.87. The summed E-state index contributed by atoms with van der Waals surface area (Å²) in [5.74, 6) is 2.56. The van der Waals surface area contributed by atoms with E-state index in [0.29, 0.717) is 12.1 Å². The SMILES string of the molecule is CCNC(=NCCCOC1CCOCC1)NC1CCN(Cc2cc(OC)cc(OC)c2)C1.I. The van der Waals surface area contributed by atoms with Gasteiger partial charge in [-0.25, -0.2) is 0 Å². The minimum Gasteiger partial charge on any atom is -0.497 e. The summed E-state index contributed by atoms with van der Waals surface area (Å²) in [6, 6.07) is 6.46. The van der Waals surface area contributed by atoms with Gasteiger partial charge in [0.2, 0.25) is 0 Å². The summed E-state index contributed by atoms with van der Waals surface area (Å²) in [7, 11) is 3.38. The van der Waals surface area contributed by atoms with E-state index in [9.17, 15) is 0 Å². The number of methoxy groups -OCH3 is 2. The highest BCUT2D eigenvalue weighted by Gasteiger charge is 2.23. The van der Waals surface area contributed by atoms with Gasteiger partial charge in [-0.3, -0.25) is 9.89 Å². The molecule has 1 aromatic carbocycles. The molecular weight excluding hydrogens is 535 g/mol. The van der Waals surface area contributed by atoms with E-state index in [-0.39, 0.29) is 24.0 Å². The number of aliphatic imine (C=N–C) groups is 1. The largest absolute Gasteiger partial charge is 0.497 e. The number of benzene rings is 1. The Kier molecular flexibility index (Phi) is 13.2. The Balaban J connectivity index is 0.00000385. The highest BCUT2D eigenvalue weighted by Crippen LogP contribution is 2.24. The first kappa shape index (κ1) is 27.9. The molecule has 188 valence electrons. The van der Waals surface area contributed by atoms with Gasteiger partial charge < -0.3 is 29.6 Å². The van der Waals surface area contributed by atoms with Crippen LogP contribution in [0.1, 0.15) is 38.2 Å². The zero-order valence-electron chi connectivity index (χ0n) is 20.3. The number of nitrogens with one attached hydrogen (secondary N) is 2. The van der Waals surface area contributed by atoms with E-state index in [1.807, 2.05) is 6.07 Å². The fourth-order valence-corrected chi connectivity index (χ4v) is 4.17. The summed E-state index contributed by atoms with van der Waals surface area (Å²) in [4.78, 5) is 7.21. The Morgan fingerprint density at radius 2 is 1.85 bits per heavy atom. The molecule has 2 aliphatic heterocycles. The fraction of sp³-hybridized carbons (Fsp3) is 0.708. The van der Waals surface area contributed by atoms with Gasteiger partial charge in [0, 0.05) is 64.7 Å². The average Bonchev–Trinajstić information content (AvgIpc) is 3.25. The van der Waals surface area contributed by atoms with Gasteiger partial charge in [-0.05, 0) is 50.3 Å². The summed E-state index contributed by atoms with van der Waals surface area (Å²) < 4.78 is 22.1. The Morgan fingerprint density at radius 1 is 1.12 bits per heavy atom. The van der Waals surface area contributed by atoms with Gasteiger partial charge in [0.05, 0.1) is 20.3 Å². The molecule has 0 aliphatic carbocycles. The number of nitrogens with zero attached hydrogens (tertiary/aromatic N) is 2. The first-order valence-electron chi connectivity index (χ1n) is 11.9. The third-order valence-corrected chi connectivity index (χ3v) is 5.87. The molecule has 8 nitrogen and oxygen atoms in total. The molecule has 1 aromatic rings. The minimum atomic E-state index is 0. The van der Waals surface area contributed by atoms with Crippen LogP contribution in [0.15, 0.2) is 23.2 Å². The Labute approximate surface area is 215 Å². The predicted molar refractivity (Wildman–Crippen MR) is 142 cm³/mol. The lowest BCUT2D eigenvalue weighted by molar-refractivity contribution is -0.0318. The van der Waals surface area contributed by atoms with Crippen molar-refractivity contribution in [2.75, 3.05) is 60.2 Å². The number of likely N-dealkylation sites (tertiary alicyclic amines) is 1. The maximum absolute atomic E-state index is 5.95. The monoisotopic (exact) mass is 576 g/mol. The van der Waals surface area contributed by atoms with Crippen molar-refractivity contribution in [3.05, 3.63) is 23.8 Å². The normalized spacial score (nSPS) is 19.7. The van der Waals surface area contributed by atoms with Crippen molar-refractivity contribution >= 4 is 29.9 Å². The zero-order chi connectivity index (χ0) is 22.6. The fourth-order valence-electron chi connectivity index (χ4n) is 4.17. The van der Waals surface area contributed by atoms with Gasteiger partial charge in [0.25, 0.3) is 0 Å². The van der Waals surface area contributed by atoms with Crippen LogP contribution in [0.4, 0.5) is 0 Å². The molecular formula is C24H41IN4O4. The van der Waals surface area contributed by atoms with Crippen molar-refractivity contribution < 1.29 is 18.9 Å². The van der Waals surface area contributed by atoms with Crippen molar-refractivity contribution in [1.29, 1.82) is 0 Å². The van der Waals surface area contributed by atoms with E-state index in [2.05, 4.69) is 34.6 Å². The Morgan fingerprint density at radius 3 is 2.52 bits per heavy atom. The van der Waals surface area contributed by atoms with Crippen molar-refractivity contribution in [2.45, 2.75) is 51.3 Å². The van der Waals surface area contributed by atoms with Crippen LogP contribution in [-0.2, 0) is 16.0 Å². The van der Waals surface area contributed by atoms with E-state index in [1.165, 1.54) is 5.56 Å². The second kappa shape index (κ2) is 15.6. The lowest BCUT2D eigenvalue weighted by atomic mass is 10.1. The lowest BCUT2D eigenvalue weighted by Gasteiger charge is -2.22. The van der Waals surface area contributed by atoms with E-state index in [4.69, 9.17) is 23.9 Å². The first-order valence-corrected chi connectivity index (χ1v) is 11.9. The number of rotatable bonds is 11. The molecule has 0 aromatic heterocycles. The number of halogens is 1. The maximum Gasteiger partial charge on any atom is 0.191 e. The molecule has 33 heavy (non-hydrogen) atoms. The van der Waals surface area contributed by atoms with E-state index in [1.54, 1.807) is 14.2 Å². The van der Waals surface area contributed by atoms with E-state index in [0.717, 1.165) is 95.7 Å². The Hall–Kier alpha value is -1.30. The summed E-state index contributed by atoms with van der Waals surface area (Å²) in [6.07, 6.45) is 4.40. The van der Waals surface area contributed by atoms with Crippen LogP contribution in [0.5, 0.6) is 11.5 Å². The smallest absolute Gasteiger partial charge is 0.191 e. The number of ether oxygens (including phenoxy) is 4. The molecule has 9 heteroatoms. The molecule has 2 N–H and O–H groups in total. The standard InChI is InChI=1S/C24H40N4O4.HI/c1-4-25-24(26-9-5-11-32-21-7-12-31-13-8-21)27-20-6-10-28(18-20)17-19-14-22(29-2)16-23(15-19)30-3;/h14-16,20-21H,4-13,17-18H2,1-3H3,(H2,25,26,27);1H.